The van der Waals surface area contributed by atoms with Gasteiger partial charge in [0.05, 0.1) is 31.1 Å². The second kappa shape index (κ2) is 7.18. The normalized spacial score (nSPS) is 30.4. The van der Waals surface area contributed by atoms with Gasteiger partial charge in [-0.1, -0.05) is 0 Å². The molecule has 0 aromatic carbocycles. The minimum absolute atomic E-state index is 0.0251. The standard InChI is InChI=1S/C16H25N3O5/c1-23-16-3-2-12(24-7-6-20)8-13(16)19(5-4-16)10-11-9-17-18-14(11)15(21)22/h9,12-13,20H,2-8,10H2,1H3,(H,17,18)(H,21,22)/t12-,13+,16-/m1/s1. The van der Waals surface area contributed by atoms with Crippen molar-refractivity contribution in [2.24, 2.45) is 0 Å². The number of methoxy groups -OCH3 is 1. The number of aliphatic hydroxyl groups is 1. The number of likely N-dealkylation sites (tertiary alicyclic amines) is 1. The molecule has 0 radical (unpaired) electrons. The maximum Gasteiger partial charge on any atom is 0.354 e. The summed E-state index contributed by atoms with van der Waals surface area (Å²) < 4.78 is 11.6. The van der Waals surface area contributed by atoms with Gasteiger partial charge in [0.1, 0.15) is 5.69 Å². The van der Waals surface area contributed by atoms with Gasteiger partial charge in [0, 0.05) is 31.8 Å². The van der Waals surface area contributed by atoms with E-state index in [-0.39, 0.29) is 30.0 Å². The summed E-state index contributed by atoms with van der Waals surface area (Å²) in [4.78, 5) is 13.5. The van der Waals surface area contributed by atoms with Gasteiger partial charge >= 0.3 is 5.97 Å². The lowest BCUT2D eigenvalue weighted by atomic mass is 9.79. The molecule has 0 unspecified atom stereocenters. The zero-order valence-electron chi connectivity index (χ0n) is 13.9. The maximum atomic E-state index is 11.3. The van der Waals surface area contributed by atoms with Crippen molar-refractivity contribution in [3.63, 3.8) is 0 Å². The zero-order chi connectivity index (χ0) is 17.2. The Labute approximate surface area is 140 Å². The zero-order valence-corrected chi connectivity index (χ0v) is 13.9. The molecule has 2 fully saturated rings. The van der Waals surface area contributed by atoms with Gasteiger partial charge in [0.15, 0.2) is 0 Å². The van der Waals surface area contributed by atoms with Gasteiger partial charge < -0.3 is 19.7 Å². The average Bonchev–Trinajstić information content (AvgIpc) is 3.19. The van der Waals surface area contributed by atoms with Gasteiger partial charge in [-0.3, -0.25) is 10.00 Å². The minimum atomic E-state index is -0.993. The van der Waals surface area contributed by atoms with Crippen molar-refractivity contribution >= 4 is 5.97 Å². The first-order chi connectivity index (χ1) is 11.6. The number of carboxylic acid groups (broad SMARTS) is 1. The lowest BCUT2D eigenvalue weighted by Gasteiger charge is -2.43. The molecule has 0 amide bonds. The van der Waals surface area contributed by atoms with Gasteiger partial charge in [-0.15, -0.1) is 0 Å². The number of aromatic amines is 1. The minimum Gasteiger partial charge on any atom is -0.477 e. The second-order valence-corrected chi connectivity index (χ2v) is 6.57. The molecule has 3 N–H and O–H groups in total. The van der Waals surface area contributed by atoms with E-state index in [1.807, 2.05) is 0 Å². The summed E-state index contributed by atoms with van der Waals surface area (Å²) in [6.45, 7) is 1.76. The highest BCUT2D eigenvalue weighted by Crippen LogP contribution is 2.43. The highest BCUT2D eigenvalue weighted by atomic mass is 16.5. The molecule has 0 spiro atoms. The highest BCUT2D eigenvalue weighted by Gasteiger charge is 2.51. The second-order valence-electron chi connectivity index (χ2n) is 6.57. The third kappa shape index (κ3) is 3.19. The number of hydrogen-bond acceptors (Lipinski definition) is 6. The number of nitrogens with one attached hydrogen (secondary N) is 1. The number of aromatic carboxylic acids is 1. The van der Waals surface area contributed by atoms with Crippen molar-refractivity contribution in [2.45, 2.75) is 50.0 Å². The Bertz CT molecular complexity index is 578. The Morgan fingerprint density at radius 3 is 3.08 bits per heavy atom. The first-order valence-electron chi connectivity index (χ1n) is 8.37. The number of fused-ring (bicyclic) bond motifs is 1. The Morgan fingerprint density at radius 2 is 2.38 bits per heavy atom. The summed E-state index contributed by atoms with van der Waals surface area (Å²) in [5, 5.41) is 24.6. The van der Waals surface area contributed by atoms with E-state index in [0.717, 1.165) is 32.2 Å². The Morgan fingerprint density at radius 1 is 1.54 bits per heavy atom. The largest absolute Gasteiger partial charge is 0.477 e. The molecule has 3 atom stereocenters. The van der Waals surface area contributed by atoms with Crippen LogP contribution in [0, 0.1) is 0 Å². The van der Waals surface area contributed by atoms with E-state index in [2.05, 4.69) is 15.1 Å². The van der Waals surface area contributed by atoms with Crippen LogP contribution in [-0.4, -0.2) is 75.9 Å². The van der Waals surface area contributed by atoms with Crippen molar-refractivity contribution in [3.05, 3.63) is 17.5 Å². The summed E-state index contributed by atoms with van der Waals surface area (Å²) in [6.07, 6.45) is 5.28. The molecule has 24 heavy (non-hydrogen) atoms. The third-order valence-corrected chi connectivity index (χ3v) is 5.40. The van der Waals surface area contributed by atoms with E-state index in [9.17, 15) is 9.90 Å². The Balaban J connectivity index is 1.74. The molecule has 0 bridgehead atoms. The van der Waals surface area contributed by atoms with Crippen molar-refractivity contribution in [2.75, 3.05) is 26.9 Å². The fourth-order valence-electron chi connectivity index (χ4n) is 4.15. The Kier molecular flexibility index (Phi) is 5.19. The van der Waals surface area contributed by atoms with Crippen molar-refractivity contribution < 1.29 is 24.5 Å². The SMILES string of the molecule is CO[C@@]12CC[C@@H](OCCO)C[C@@H]1N(Cc1cn[nH]c1C(=O)O)CC2. The lowest BCUT2D eigenvalue weighted by Crippen LogP contribution is -2.51. The summed E-state index contributed by atoms with van der Waals surface area (Å²) in [5.41, 5.74) is 0.647. The van der Waals surface area contributed by atoms with Crippen LogP contribution < -0.4 is 0 Å². The fraction of sp³-hybridized carbons (Fsp3) is 0.750. The average molecular weight is 339 g/mol. The fourth-order valence-corrected chi connectivity index (χ4v) is 4.15. The van der Waals surface area contributed by atoms with Crippen LogP contribution in [-0.2, 0) is 16.0 Å². The number of aliphatic hydroxyl groups excluding tert-OH is 1. The van der Waals surface area contributed by atoms with Crippen LogP contribution in [0.2, 0.25) is 0 Å². The van der Waals surface area contributed by atoms with E-state index < -0.39 is 5.97 Å². The number of hydrogen-bond donors (Lipinski definition) is 3. The molecule has 1 aliphatic heterocycles. The smallest absolute Gasteiger partial charge is 0.354 e. The first-order valence-corrected chi connectivity index (χ1v) is 8.37. The number of carboxylic acids is 1. The van der Waals surface area contributed by atoms with Crippen LogP contribution >= 0.6 is 0 Å². The number of carbonyl (C=O) groups is 1. The molecule has 2 heterocycles. The summed E-state index contributed by atoms with van der Waals surface area (Å²) in [6, 6.07) is 0.177. The quantitative estimate of drug-likeness (QED) is 0.668. The van der Waals surface area contributed by atoms with Crippen LogP contribution in [0.15, 0.2) is 6.20 Å². The highest BCUT2D eigenvalue weighted by molar-refractivity contribution is 5.86. The maximum absolute atomic E-state index is 11.3. The van der Waals surface area contributed by atoms with Crippen LogP contribution in [0.3, 0.4) is 0 Å². The number of ether oxygens (including phenoxy) is 2. The molecule has 1 aromatic heterocycles. The third-order valence-electron chi connectivity index (χ3n) is 5.40. The van der Waals surface area contributed by atoms with Crippen molar-refractivity contribution in [1.82, 2.24) is 15.1 Å². The Hall–Kier alpha value is -1.48. The lowest BCUT2D eigenvalue weighted by molar-refractivity contribution is -0.104. The predicted octanol–water partition coefficient (Wildman–Crippen LogP) is 0.629. The van der Waals surface area contributed by atoms with Crippen molar-refractivity contribution in [3.8, 4) is 0 Å². The topological polar surface area (TPSA) is 108 Å². The number of aromatic nitrogens is 2. The van der Waals surface area contributed by atoms with Gasteiger partial charge in [-0.05, 0) is 25.7 Å². The van der Waals surface area contributed by atoms with Gasteiger partial charge in [0.2, 0.25) is 0 Å². The van der Waals surface area contributed by atoms with E-state index in [4.69, 9.17) is 14.6 Å². The van der Waals surface area contributed by atoms with Gasteiger partial charge in [0.25, 0.3) is 0 Å². The monoisotopic (exact) mass is 339 g/mol. The molecular weight excluding hydrogens is 314 g/mol. The van der Waals surface area contributed by atoms with Crippen LogP contribution in [0.25, 0.3) is 0 Å². The molecule has 8 nitrogen and oxygen atoms in total. The van der Waals surface area contributed by atoms with Gasteiger partial charge in [-0.25, -0.2) is 4.79 Å². The summed E-state index contributed by atoms with van der Waals surface area (Å²) in [5.74, 6) is -0.993. The molecule has 3 rings (SSSR count). The molecule has 1 saturated heterocycles. The number of nitrogens with zero attached hydrogens (tertiary/aromatic N) is 2. The summed E-state index contributed by atoms with van der Waals surface area (Å²) in [7, 11) is 1.76. The molecular formula is C16H25N3O5. The molecule has 1 aromatic rings. The van der Waals surface area contributed by atoms with Crippen molar-refractivity contribution in [1.29, 1.82) is 0 Å². The van der Waals surface area contributed by atoms with Crippen LogP contribution in [0.5, 0.6) is 0 Å². The van der Waals surface area contributed by atoms with Crippen LogP contribution in [0.1, 0.15) is 41.7 Å². The molecule has 1 aliphatic carbocycles. The molecule has 1 saturated carbocycles. The summed E-state index contributed by atoms with van der Waals surface area (Å²) >= 11 is 0. The first kappa shape index (κ1) is 17.3. The van der Waals surface area contributed by atoms with Gasteiger partial charge in [-0.2, -0.15) is 5.10 Å². The number of H-pyrrole nitrogens is 1. The predicted molar refractivity (Wildman–Crippen MR) is 84.8 cm³/mol. The van der Waals surface area contributed by atoms with E-state index >= 15 is 0 Å². The van der Waals surface area contributed by atoms with Crippen LogP contribution in [0.4, 0.5) is 0 Å². The molecule has 2 aliphatic rings. The number of rotatable bonds is 7. The molecule has 134 valence electrons. The van der Waals surface area contributed by atoms with E-state index in [1.165, 1.54) is 0 Å². The van der Waals surface area contributed by atoms with E-state index in [0.29, 0.717) is 18.7 Å². The van der Waals surface area contributed by atoms with E-state index in [1.54, 1.807) is 13.3 Å². The molecule has 8 heteroatoms.